The molecule has 0 spiro atoms. The summed E-state index contributed by atoms with van der Waals surface area (Å²) >= 11 is 0. The lowest BCUT2D eigenvalue weighted by Crippen LogP contribution is -2.69. The summed E-state index contributed by atoms with van der Waals surface area (Å²) in [6.07, 6.45) is 0. The highest BCUT2D eigenvalue weighted by Gasteiger charge is 2.65. The highest BCUT2D eigenvalue weighted by molar-refractivity contribution is 8.45. The zero-order chi connectivity index (χ0) is 21.7. The van der Waals surface area contributed by atoms with Crippen molar-refractivity contribution in [3.63, 3.8) is 0 Å². The predicted molar refractivity (Wildman–Crippen MR) is 91.3 cm³/mol. The van der Waals surface area contributed by atoms with Crippen molar-refractivity contribution in [2.75, 3.05) is 18.6 Å². The van der Waals surface area contributed by atoms with Crippen LogP contribution in [0.3, 0.4) is 0 Å². The van der Waals surface area contributed by atoms with E-state index < -0.39 is 66.2 Å². The van der Waals surface area contributed by atoms with Gasteiger partial charge in [0, 0.05) is 12.7 Å². The van der Waals surface area contributed by atoms with Crippen LogP contribution in [0, 0.1) is 0 Å². The number of hydroxylamine groups is 1. The third kappa shape index (κ3) is 4.66. The fraction of sp³-hybridized carbons (Fsp3) is 0.385. The summed E-state index contributed by atoms with van der Waals surface area (Å²) < 4.78 is 87.9. The molecule has 28 heavy (non-hydrogen) atoms. The Morgan fingerprint density at radius 1 is 1.14 bits per heavy atom. The number of carbonyl (C=O) groups excluding carboxylic acids is 2. The van der Waals surface area contributed by atoms with E-state index in [4.69, 9.17) is 9.94 Å². The van der Waals surface area contributed by atoms with Gasteiger partial charge in [-0.25, -0.2) is 5.48 Å². The molecule has 1 aromatic rings. The second-order valence-corrected chi connectivity index (χ2v) is 10.8. The molecule has 0 saturated carbocycles. The molecule has 1 aliphatic heterocycles. The summed E-state index contributed by atoms with van der Waals surface area (Å²) in [7, 11) is -11.9. The molecule has 1 atom stereocenters. The largest absolute Gasteiger partial charge is 0.372 e. The number of hydrogen-bond acceptors (Lipinski definition) is 6. The van der Waals surface area contributed by atoms with Crippen LogP contribution in [-0.2, 0) is 9.53 Å². The van der Waals surface area contributed by atoms with Gasteiger partial charge in [-0.05, 0) is 24.3 Å². The van der Waals surface area contributed by atoms with Crippen LogP contribution in [0.4, 0.5) is 19.4 Å². The number of halogens is 5. The number of carbonyl (C=O) groups is 2. The van der Waals surface area contributed by atoms with E-state index in [-0.39, 0.29) is 12.1 Å². The fourth-order valence-electron chi connectivity index (χ4n) is 2.72. The highest BCUT2D eigenvalue weighted by Crippen LogP contribution is 3.02. The molecule has 0 aliphatic carbocycles. The molecular weight excluding hydrogens is 439 g/mol. The number of rotatable bonds is 6. The average Bonchev–Trinajstić information content (AvgIpc) is 2.54. The van der Waals surface area contributed by atoms with Gasteiger partial charge in [0.05, 0.1) is 11.5 Å². The number of benzene rings is 1. The summed E-state index contributed by atoms with van der Waals surface area (Å²) in [6.45, 7) is 0. The number of nitrogens with one attached hydrogen (secondary N) is 2. The minimum Gasteiger partial charge on any atom is -0.372 e. The summed E-state index contributed by atoms with van der Waals surface area (Å²) in [6, 6.07) is -0.604. The molecule has 8 nitrogen and oxygen atoms in total. The lowest BCUT2D eigenvalue weighted by atomic mass is 9.95. The van der Waals surface area contributed by atoms with E-state index in [0.717, 1.165) is 7.11 Å². The molecule has 2 amide bonds. The molecule has 1 aliphatic rings. The van der Waals surface area contributed by atoms with Crippen LogP contribution in [0.25, 0.3) is 0 Å². The molecule has 0 bridgehead atoms. The Labute approximate surface area is 157 Å². The molecule has 0 radical (unpaired) electrons. The molecule has 1 unspecified atom stereocenters. The topological polar surface area (TPSA) is 128 Å². The number of ether oxygens (including phenoxy) is 1. The Hall–Kier alpha value is -1.65. The van der Waals surface area contributed by atoms with E-state index in [9.17, 15) is 38.1 Å². The highest BCUT2D eigenvalue weighted by atomic mass is 32.5. The molecule has 1 fully saturated rings. The van der Waals surface area contributed by atoms with Gasteiger partial charge in [-0.2, -0.15) is 10.6 Å². The third-order valence-corrected chi connectivity index (χ3v) is 7.16. The molecule has 5 N–H and O–H groups in total. The average molecular weight is 456 g/mol. The Morgan fingerprint density at radius 3 is 2.00 bits per heavy atom. The van der Waals surface area contributed by atoms with E-state index in [1.54, 1.807) is 0 Å². The van der Waals surface area contributed by atoms with Crippen LogP contribution in [-0.4, -0.2) is 56.4 Å². The molecule has 2 rings (SSSR count). The summed E-state index contributed by atoms with van der Waals surface area (Å²) in [4.78, 5) is 22.0. The normalized spacial score (nSPS) is 22.6. The van der Waals surface area contributed by atoms with Crippen LogP contribution in [0.15, 0.2) is 29.2 Å². The lowest BCUT2D eigenvalue weighted by Gasteiger charge is -2.56. The zero-order valence-electron chi connectivity index (χ0n) is 14.1. The van der Waals surface area contributed by atoms with Crippen molar-refractivity contribution in [1.82, 2.24) is 10.8 Å². The van der Waals surface area contributed by atoms with E-state index in [1.165, 1.54) is 5.48 Å². The molecule has 0 aromatic heterocycles. The van der Waals surface area contributed by atoms with Gasteiger partial charge in [0.2, 0.25) is 0 Å². The van der Waals surface area contributed by atoms with Crippen molar-refractivity contribution in [1.29, 1.82) is 0 Å². The van der Waals surface area contributed by atoms with Crippen molar-refractivity contribution in [3.8, 4) is 0 Å². The number of hydrogen-bond donors (Lipinski definition) is 5. The van der Waals surface area contributed by atoms with Gasteiger partial charge in [-0.15, -0.1) is 0 Å². The van der Waals surface area contributed by atoms with E-state index in [2.05, 4.69) is 5.32 Å². The van der Waals surface area contributed by atoms with Gasteiger partial charge >= 0.3 is 10.2 Å². The van der Waals surface area contributed by atoms with E-state index in [1.807, 2.05) is 0 Å². The van der Waals surface area contributed by atoms with Crippen LogP contribution < -0.4 is 10.8 Å². The Kier molecular flexibility index (Phi) is 4.99. The Bertz CT molecular complexity index is 794. The van der Waals surface area contributed by atoms with Crippen LogP contribution in [0.1, 0.15) is 10.4 Å². The monoisotopic (exact) mass is 456 g/mol. The fourth-order valence-corrected chi connectivity index (χ4v) is 5.42. The maximum absolute atomic E-state index is 12.7. The van der Waals surface area contributed by atoms with E-state index in [0.29, 0.717) is 12.1 Å². The lowest BCUT2D eigenvalue weighted by molar-refractivity contribution is -0.138. The molecule has 15 heteroatoms. The minimum absolute atomic E-state index is 0.0314. The SMILES string of the molecule is COC1(C(NC(=O)c2ccc(S(F)(F)(F)(F)F)cc2)C(=O)NO)CS(O)(O)C1. The van der Waals surface area contributed by atoms with Gasteiger partial charge in [0.15, 0.2) is 0 Å². The predicted octanol–water partition coefficient (Wildman–Crippen LogP) is 3.10. The molecular formula is C13H17F5N2O6S2. The van der Waals surface area contributed by atoms with Crippen molar-refractivity contribution in [3.05, 3.63) is 29.8 Å². The van der Waals surface area contributed by atoms with Gasteiger partial charge in [0.1, 0.15) is 16.5 Å². The van der Waals surface area contributed by atoms with Crippen LogP contribution in [0.5, 0.6) is 0 Å². The van der Waals surface area contributed by atoms with Gasteiger partial charge in [-0.1, -0.05) is 19.4 Å². The third-order valence-electron chi connectivity index (χ3n) is 4.09. The smallest absolute Gasteiger partial charge is 0.310 e. The first kappa shape index (κ1) is 22.6. The first-order chi connectivity index (χ1) is 12.4. The van der Waals surface area contributed by atoms with Gasteiger partial charge in [-0.3, -0.25) is 23.9 Å². The number of methoxy groups -OCH3 is 1. The molecule has 1 saturated heterocycles. The second kappa shape index (κ2) is 6.17. The van der Waals surface area contributed by atoms with Crippen LogP contribution >= 0.6 is 20.8 Å². The molecule has 1 heterocycles. The first-order valence-electron chi connectivity index (χ1n) is 7.31. The summed E-state index contributed by atoms with van der Waals surface area (Å²) in [5, 5.41) is 10.9. The second-order valence-electron chi connectivity index (χ2n) is 6.24. The first-order valence-corrected chi connectivity index (χ1v) is 11.1. The Balaban J connectivity index is 2.27. The van der Waals surface area contributed by atoms with Crippen molar-refractivity contribution < 1.29 is 48.1 Å². The van der Waals surface area contributed by atoms with Crippen LogP contribution in [0.2, 0.25) is 0 Å². The minimum atomic E-state index is -9.91. The number of amides is 2. The summed E-state index contributed by atoms with van der Waals surface area (Å²) in [5.74, 6) is -3.22. The zero-order valence-corrected chi connectivity index (χ0v) is 15.7. The van der Waals surface area contributed by atoms with Crippen molar-refractivity contribution in [2.45, 2.75) is 16.5 Å². The maximum atomic E-state index is 12.7. The summed E-state index contributed by atoms with van der Waals surface area (Å²) in [5.41, 5.74) is -0.814. The van der Waals surface area contributed by atoms with Gasteiger partial charge in [0.25, 0.3) is 11.8 Å². The quantitative estimate of drug-likeness (QED) is 0.254. The van der Waals surface area contributed by atoms with E-state index >= 15 is 0 Å². The Morgan fingerprint density at radius 2 is 1.64 bits per heavy atom. The molecule has 1 aromatic carbocycles. The molecule has 162 valence electrons. The maximum Gasteiger partial charge on any atom is 0.310 e. The van der Waals surface area contributed by atoms with Crippen molar-refractivity contribution >= 4 is 32.6 Å². The standard InChI is InChI=1S/C13H17F5N2O6S2/c1-26-13(6-27(24,25)7-13)10(12(22)20-23)19-11(21)8-2-4-9(5-3-8)28(14,15,16,17)18/h2-5,10,23-25H,6-7H2,1H3,(H,19,21)(H,20,22). The van der Waals surface area contributed by atoms with Crippen molar-refractivity contribution in [2.24, 2.45) is 0 Å². The van der Waals surface area contributed by atoms with Gasteiger partial charge < -0.3 is 10.1 Å².